The minimum atomic E-state index is -4.64. The molecule has 0 aliphatic carbocycles. The molecule has 0 radical (unpaired) electrons. The summed E-state index contributed by atoms with van der Waals surface area (Å²) in [6.07, 6.45) is -4.16. The topological polar surface area (TPSA) is 71.1 Å². The number of carbonyl (C=O) groups excluding carboxylic acids is 2. The highest BCUT2D eigenvalue weighted by Gasteiger charge is 2.32. The fourth-order valence-corrected chi connectivity index (χ4v) is 2.60. The Morgan fingerprint density at radius 1 is 1.19 bits per heavy atom. The number of urea groups is 1. The summed E-state index contributed by atoms with van der Waals surface area (Å²) in [5.74, 6) is -0.883. The van der Waals surface area contributed by atoms with Gasteiger partial charge in [-0.25, -0.2) is 9.78 Å². The zero-order chi connectivity index (χ0) is 20.4. The SMILES string of the molecule is Cc1ccc(NC(=O)NC(=O)c2ncc(C(F)(F)F)cc2Cl)c(C(C)C)c1. The standard InChI is InChI=1S/C18H17ClF3N3O2/c1-9(2)12-6-10(3)4-5-14(12)24-17(27)25-16(26)15-13(19)7-11(8-23-15)18(20,21)22/h4-9H,1-3H3,(H2,24,25,26,27). The van der Waals surface area contributed by atoms with E-state index >= 15 is 0 Å². The summed E-state index contributed by atoms with van der Waals surface area (Å²) in [5, 5.41) is 4.05. The van der Waals surface area contributed by atoms with Crippen LogP contribution in [0.5, 0.6) is 0 Å². The van der Waals surface area contributed by atoms with E-state index in [2.05, 4.69) is 10.3 Å². The normalized spacial score (nSPS) is 11.4. The van der Waals surface area contributed by atoms with Crippen molar-refractivity contribution in [1.82, 2.24) is 10.3 Å². The van der Waals surface area contributed by atoms with E-state index in [4.69, 9.17) is 11.6 Å². The third-order valence-electron chi connectivity index (χ3n) is 3.69. The highest BCUT2D eigenvalue weighted by atomic mass is 35.5. The summed E-state index contributed by atoms with van der Waals surface area (Å²) in [6.45, 7) is 5.82. The number of benzene rings is 1. The van der Waals surface area contributed by atoms with Gasteiger partial charge in [0, 0.05) is 11.9 Å². The Labute approximate surface area is 158 Å². The predicted octanol–water partition coefficient (Wildman–Crippen LogP) is 5.15. The van der Waals surface area contributed by atoms with Crippen molar-refractivity contribution in [3.05, 3.63) is 57.9 Å². The zero-order valence-corrected chi connectivity index (χ0v) is 15.5. The number of hydrogen-bond acceptors (Lipinski definition) is 3. The van der Waals surface area contributed by atoms with Gasteiger partial charge in [0.1, 0.15) is 5.69 Å². The molecule has 2 rings (SSSR count). The molecule has 1 aromatic carbocycles. The Bertz CT molecular complexity index is 883. The van der Waals surface area contributed by atoms with Crippen molar-refractivity contribution < 1.29 is 22.8 Å². The highest BCUT2D eigenvalue weighted by Crippen LogP contribution is 2.31. The number of nitrogens with one attached hydrogen (secondary N) is 2. The average Bonchev–Trinajstić information content (AvgIpc) is 2.55. The Kier molecular flexibility index (Phi) is 6.10. The van der Waals surface area contributed by atoms with Gasteiger partial charge in [0.2, 0.25) is 0 Å². The summed E-state index contributed by atoms with van der Waals surface area (Å²) in [6, 6.07) is 5.16. The monoisotopic (exact) mass is 399 g/mol. The van der Waals surface area contributed by atoms with Crippen LogP contribution >= 0.6 is 11.6 Å². The molecule has 5 nitrogen and oxygen atoms in total. The molecule has 0 saturated carbocycles. The molecule has 144 valence electrons. The van der Waals surface area contributed by atoms with Gasteiger partial charge in [0.25, 0.3) is 5.91 Å². The van der Waals surface area contributed by atoms with Crippen molar-refractivity contribution >= 4 is 29.2 Å². The molecular formula is C18H17ClF3N3O2. The number of imide groups is 1. The number of aryl methyl sites for hydroxylation is 1. The van der Waals surface area contributed by atoms with Crippen molar-refractivity contribution in [2.75, 3.05) is 5.32 Å². The third-order valence-corrected chi connectivity index (χ3v) is 3.98. The van der Waals surface area contributed by atoms with Gasteiger partial charge in [-0.2, -0.15) is 13.2 Å². The van der Waals surface area contributed by atoms with Crippen LogP contribution in [-0.4, -0.2) is 16.9 Å². The molecule has 2 aromatic rings. The molecule has 0 spiro atoms. The van der Waals surface area contributed by atoms with E-state index < -0.39 is 34.4 Å². The molecule has 3 amide bonds. The number of pyridine rings is 1. The molecule has 0 saturated heterocycles. The van der Waals surface area contributed by atoms with Crippen LogP contribution in [0.25, 0.3) is 0 Å². The Balaban J connectivity index is 2.14. The fraction of sp³-hybridized carbons (Fsp3) is 0.278. The first-order valence-corrected chi connectivity index (χ1v) is 8.32. The lowest BCUT2D eigenvalue weighted by atomic mass is 9.99. The molecule has 1 heterocycles. The lowest BCUT2D eigenvalue weighted by Gasteiger charge is -2.15. The third kappa shape index (κ3) is 5.19. The maximum Gasteiger partial charge on any atom is 0.417 e. The van der Waals surface area contributed by atoms with Crippen LogP contribution in [0.2, 0.25) is 5.02 Å². The lowest BCUT2D eigenvalue weighted by Crippen LogP contribution is -2.35. The summed E-state index contributed by atoms with van der Waals surface area (Å²) in [5.41, 5.74) is 0.847. The maximum atomic E-state index is 12.6. The van der Waals surface area contributed by atoms with Crippen molar-refractivity contribution in [3.63, 3.8) is 0 Å². The second kappa shape index (κ2) is 7.96. The van der Waals surface area contributed by atoms with Gasteiger partial charge in [-0.3, -0.25) is 10.1 Å². The second-order valence-electron chi connectivity index (χ2n) is 6.21. The summed E-state index contributed by atoms with van der Waals surface area (Å²) in [7, 11) is 0. The van der Waals surface area contributed by atoms with Crippen LogP contribution in [0.4, 0.5) is 23.7 Å². The first-order valence-electron chi connectivity index (χ1n) is 7.94. The molecule has 0 unspecified atom stereocenters. The fourth-order valence-electron chi connectivity index (χ4n) is 2.35. The van der Waals surface area contributed by atoms with Crippen LogP contribution in [0.1, 0.15) is 46.9 Å². The Morgan fingerprint density at radius 3 is 2.41 bits per heavy atom. The maximum absolute atomic E-state index is 12.6. The molecule has 0 atom stereocenters. The Hall–Kier alpha value is -2.61. The van der Waals surface area contributed by atoms with Crippen LogP contribution in [-0.2, 0) is 6.18 Å². The number of carbonyl (C=O) groups is 2. The lowest BCUT2D eigenvalue weighted by molar-refractivity contribution is -0.137. The molecule has 0 aliphatic rings. The quantitative estimate of drug-likeness (QED) is 0.750. The van der Waals surface area contributed by atoms with E-state index in [0.717, 1.165) is 11.1 Å². The van der Waals surface area contributed by atoms with Gasteiger partial charge in [-0.1, -0.05) is 43.1 Å². The number of alkyl halides is 3. The number of nitrogens with zero attached hydrogens (tertiary/aromatic N) is 1. The van der Waals surface area contributed by atoms with Crippen molar-refractivity contribution in [2.45, 2.75) is 32.9 Å². The molecule has 1 aromatic heterocycles. The van der Waals surface area contributed by atoms with Gasteiger partial charge < -0.3 is 5.32 Å². The van der Waals surface area contributed by atoms with E-state index in [1.165, 1.54) is 0 Å². The number of halogens is 4. The van der Waals surface area contributed by atoms with Crippen molar-refractivity contribution in [2.24, 2.45) is 0 Å². The van der Waals surface area contributed by atoms with Crippen molar-refractivity contribution in [1.29, 1.82) is 0 Å². The van der Waals surface area contributed by atoms with Gasteiger partial charge >= 0.3 is 12.2 Å². The number of aromatic nitrogens is 1. The van der Waals surface area contributed by atoms with E-state index in [-0.39, 0.29) is 5.92 Å². The zero-order valence-electron chi connectivity index (χ0n) is 14.7. The first-order chi connectivity index (χ1) is 12.5. The first kappa shape index (κ1) is 20.7. The minimum absolute atomic E-state index is 0.127. The number of rotatable bonds is 3. The van der Waals surface area contributed by atoms with E-state index in [9.17, 15) is 22.8 Å². The largest absolute Gasteiger partial charge is 0.417 e. The summed E-state index contributed by atoms with van der Waals surface area (Å²) in [4.78, 5) is 27.6. The molecular weight excluding hydrogens is 383 g/mol. The molecule has 2 N–H and O–H groups in total. The van der Waals surface area contributed by atoms with Gasteiger partial charge in [0.05, 0.1) is 10.6 Å². The van der Waals surface area contributed by atoms with Crippen LogP contribution in [0, 0.1) is 6.92 Å². The number of anilines is 1. The van der Waals surface area contributed by atoms with Gasteiger partial charge in [0.15, 0.2) is 0 Å². The van der Waals surface area contributed by atoms with Crippen molar-refractivity contribution in [3.8, 4) is 0 Å². The van der Waals surface area contributed by atoms with Crippen LogP contribution in [0.15, 0.2) is 30.5 Å². The van der Waals surface area contributed by atoms with Gasteiger partial charge in [-0.05, 0) is 30.5 Å². The second-order valence-corrected chi connectivity index (χ2v) is 6.61. The molecule has 27 heavy (non-hydrogen) atoms. The predicted molar refractivity (Wildman–Crippen MR) is 96.0 cm³/mol. The summed E-state index contributed by atoms with van der Waals surface area (Å²) < 4.78 is 37.9. The number of hydrogen-bond donors (Lipinski definition) is 2. The molecule has 0 bridgehead atoms. The molecule has 0 fully saturated rings. The van der Waals surface area contributed by atoms with Gasteiger partial charge in [-0.15, -0.1) is 0 Å². The van der Waals surface area contributed by atoms with Crippen LogP contribution < -0.4 is 10.6 Å². The molecule has 9 heteroatoms. The van der Waals surface area contributed by atoms with E-state index in [1.807, 2.05) is 32.2 Å². The molecule has 0 aliphatic heterocycles. The summed E-state index contributed by atoms with van der Waals surface area (Å²) >= 11 is 5.70. The number of amides is 3. The van der Waals surface area contributed by atoms with E-state index in [1.54, 1.807) is 12.1 Å². The van der Waals surface area contributed by atoms with Crippen LogP contribution in [0.3, 0.4) is 0 Å². The Morgan fingerprint density at radius 2 is 1.85 bits per heavy atom. The van der Waals surface area contributed by atoms with E-state index in [0.29, 0.717) is 18.0 Å². The minimum Gasteiger partial charge on any atom is -0.307 e. The highest BCUT2D eigenvalue weighted by molar-refractivity contribution is 6.34. The average molecular weight is 400 g/mol. The smallest absolute Gasteiger partial charge is 0.307 e.